The second-order valence-corrected chi connectivity index (χ2v) is 15.3. The Kier molecular flexibility index (Phi) is 14.1. The Hall–Kier alpha value is -0.570. The van der Waals surface area contributed by atoms with Crippen molar-refractivity contribution in [2.75, 3.05) is 73.4 Å². The largest absolute Gasteiger partial charge is 0.378 e. The molecular formula is C28H49Cl2N5O6S. The lowest BCUT2D eigenvalue weighted by atomic mass is 9.63. The molecule has 1 aliphatic heterocycles. The van der Waals surface area contributed by atoms with E-state index in [1.165, 1.54) is 0 Å². The van der Waals surface area contributed by atoms with Crippen molar-refractivity contribution < 1.29 is 27.4 Å². The van der Waals surface area contributed by atoms with Gasteiger partial charge in [-0.25, -0.2) is 17.8 Å². The molecule has 2 aliphatic carbocycles. The van der Waals surface area contributed by atoms with E-state index >= 15 is 0 Å². The lowest BCUT2D eigenvalue weighted by molar-refractivity contribution is 0.0108. The van der Waals surface area contributed by atoms with Crippen LogP contribution in [0.2, 0.25) is 0 Å². The fourth-order valence-corrected chi connectivity index (χ4v) is 9.56. The summed E-state index contributed by atoms with van der Waals surface area (Å²) < 4.78 is 52.6. The van der Waals surface area contributed by atoms with Gasteiger partial charge in [0.2, 0.25) is 10.0 Å². The summed E-state index contributed by atoms with van der Waals surface area (Å²) in [7, 11) is 0.375. The van der Waals surface area contributed by atoms with Gasteiger partial charge in [0.05, 0.1) is 64.2 Å². The number of piperidine rings is 1. The molecular weight excluding hydrogens is 605 g/mol. The van der Waals surface area contributed by atoms with E-state index in [4.69, 9.17) is 42.1 Å². The Morgan fingerprint density at radius 3 is 2.43 bits per heavy atom. The molecule has 14 heteroatoms. The molecule has 242 valence electrons. The minimum absolute atomic E-state index is 0.103. The van der Waals surface area contributed by atoms with Crippen LogP contribution in [0.25, 0.3) is 0 Å². The van der Waals surface area contributed by atoms with E-state index < -0.39 is 10.0 Å². The smallest absolute Gasteiger partial charge is 0.214 e. The minimum Gasteiger partial charge on any atom is -0.378 e. The molecule has 3 fully saturated rings. The maximum atomic E-state index is 13.2. The summed E-state index contributed by atoms with van der Waals surface area (Å²) in [5, 5.41) is 7.87. The summed E-state index contributed by atoms with van der Waals surface area (Å²) in [4.78, 5) is 2.39. The number of halogens is 2. The van der Waals surface area contributed by atoms with E-state index in [-0.39, 0.29) is 22.5 Å². The molecule has 2 saturated carbocycles. The van der Waals surface area contributed by atoms with Crippen LogP contribution in [0.3, 0.4) is 0 Å². The van der Waals surface area contributed by atoms with Crippen molar-refractivity contribution in [2.24, 2.45) is 23.7 Å². The number of aromatic nitrogens is 3. The summed E-state index contributed by atoms with van der Waals surface area (Å²) in [6.07, 6.45) is 7.14. The molecule has 0 aromatic carbocycles. The number of nitrogens with zero attached hydrogens (tertiary/aromatic N) is 4. The van der Waals surface area contributed by atoms with E-state index in [9.17, 15) is 8.42 Å². The van der Waals surface area contributed by atoms with Crippen LogP contribution in [0.4, 0.5) is 0 Å². The van der Waals surface area contributed by atoms with Gasteiger partial charge in [-0.3, -0.25) is 0 Å². The van der Waals surface area contributed by atoms with Gasteiger partial charge in [-0.15, -0.1) is 28.3 Å². The number of rotatable bonds is 17. The SMILES string of the molecule is COCc1cn(CCOCCOCCOCCNS(=O)(=O)C2CCCC(C3CN(C)CC4C(Cl)CC(Cl)CC43)C2)nn1. The first-order chi connectivity index (χ1) is 20.3. The van der Waals surface area contributed by atoms with Crippen LogP contribution in [-0.2, 0) is 42.1 Å². The number of hydrogen-bond donors (Lipinski definition) is 1. The molecule has 7 unspecified atom stereocenters. The highest BCUT2D eigenvalue weighted by atomic mass is 35.5. The zero-order valence-electron chi connectivity index (χ0n) is 25.0. The summed E-state index contributed by atoms with van der Waals surface area (Å²) >= 11 is 13.4. The first-order valence-corrected chi connectivity index (χ1v) is 17.7. The predicted octanol–water partition coefficient (Wildman–Crippen LogP) is 2.76. The van der Waals surface area contributed by atoms with Crippen molar-refractivity contribution in [3.05, 3.63) is 11.9 Å². The zero-order valence-corrected chi connectivity index (χ0v) is 27.4. The van der Waals surface area contributed by atoms with Gasteiger partial charge in [-0.05, 0) is 56.4 Å². The van der Waals surface area contributed by atoms with Gasteiger partial charge in [-0.1, -0.05) is 18.1 Å². The minimum atomic E-state index is -3.41. The van der Waals surface area contributed by atoms with Crippen LogP contribution < -0.4 is 4.72 Å². The number of ether oxygens (including phenoxy) is 4. The number of hydrogen-bond acceptors (Lipinski definition) is 9. The number of alkyl halides is 2. The lowest BCUT2D eigenvalue weighted by Gasteiger charge is -2.51. The zero-order chi connectivity index (χ0) is 30.0. The third-order valence-corrected chi connectivity index (χ3v) is 11.7. The maximum absolute atomic E-state index is 13.2. The van der Waals surface area contributed by atoms with Crippen molar-refractivity contribution in [3.8, 4) is 0 Å². The molecule has 0 spiro atoms. The van der Waals surface area contributed by atoms with Crippen LogP contribution in [0.15, 0.2) is 6.20 Å². The fraction of sp³-hybridized carbons (Fsp3) is 0.929. The molecule has 7 atom stereocenters. The molecule has 2 heterocycles. The normalized spacial score (nSPS) is 30.8. The van der Waals surface area contributed by atoms with Gasteiger partial charge in [-0.2, -0.15) is 0 Å². The summed E-state index contributed by atoms with van der Waals surface area (Å²) in [5.41, 5.74) is 0.785. The van der Waals surface area contributed by atoms with Crippen LogP contribution in [0.1, 0.15) is 44.2 Å². The molecule has 1 N–H and O–H groups in total. The van der Waals surface area contributed by atoms with E-state index in [0.717, 1.165) is 44.5 Å². The molecule has 1 aromatic heterocycles. The highest BCUT2D eigenvalue weighted by Gasteiger charge is 2.47. The van der Waals surface area contributed by atoms with E-state index in [0.29, 0.717) is 89.3 Å². The fourth-order valence-electron chi connectivity index (χ4n) is 7.01. The van der Waals surface area contributed by atoms with Crippen molar-refractivity contribution in [2.45, 2.75) is 67.7 Å². The van der Waals surface area contributed by atoms with Crippen molar-refractivity contribution in [1.29, 1.82) is 0 Å². The van der Waals surface area contributed by atoms with Crippen LogP contribution >= 0.6 is 23.2 Å². The highest BCUT2D eigenvalue weighted by molar-refractivity contribution is 7.90. The number of nitrogens with one attached hydrogen (secondary N) is 1. The van der Waals surface area contributed by atoms with E-state index in [2.05, 4.69) is 27.0 Å². The van der Waals surface area contributed by atoms with Crippen LogP contribution in [0, 0.1) is 23.7 Å². The Morgan fingerprint density at radius 1 is 0.952 bits per heavy atom. The summed E-state index contributed by atoms with van der Waals surface area (Å²) in [5.74, 6) is 1.76. The second kappa shape index (κ2) is 17.2. The third-order valence-electron chi connectivity index (χ3n) is 8.97. The van der Waals surface area contributed by atoms with Gasteiger partial charge in [0.25, 0.3) is 0 Å². The molecule has 0 amide bonds. The van der Waals surface area contributed by atoms with Crippen LogP contribution in [0.5, 0.6) is 0 Å². The molecule has 1 aromatic rings. The number of likely N-dealkylation sites (tertiary alicyclic amines) is 1. The Morgan fingerprint density at radius 2 is 1.67 bits per heavy atom. The molecule has 11 nitrogen and oxygen atoms in total. The molecule has 0 bridgehead atoms. The van der Waals surface area contributed by atoms with Crippen LogP contribution in [-0.4, -0.2) is 118 Å². The number of methoxy groups -OCH3 is 1. The quantitative estimate of drug-likeness (QED) is 0.200. The monoisotopic (exact) mass is 653 g/mol. The van der Waals surface area contributed by atoms with Crippen molar-refractivity contribution in [1.82, 2.24) is 24.6 Å². The lowest BCUT2D eigenvalue weighted by Crippen LogP contribution is -2.54. The average molecular weight is 655 g/mol. The number of sulfonamides is 1. The van der Waals surface area contributed by atoms with E-state index in [1.54, 1.807) is 11.8 Å². The molecule has 0 radical (unpaired) electrons. The van der Waals surface area contributed by atoms with Crippen molar-refractivity contribution in [3.63, 3.8) is 0 Å². The van der Waals surface area contributed by atoms with Crippen molar-refractivity contribution >= 4 is 33.2 Å². The van der Waals surface area contributed by atoms with Gasteiger partial charge in [0.1, 0.15) is 5.69 Å². The van der Waals surface area contributed by atoms with Gasteiger partial charge < -0.3 is 23.8 Å². The maximum Gasteiger partial charge on any atom is 0.214 e. The summed E-state index contributed by atoms with van der Waals surface area (Å²) in [6.45, 7) is 5.90. The van der Waals surface area contributed by atoms with Gasteiger partial charge in [0, 0.05) is 37.5 Å². The Labute approximate surface area is 261 Å². The highest BCUT2D eigenvalue weighted by Crippen LogP contribution is 2.48. The first kappa shape index (κ1) is 34.3. The molecule has 42 heavy (non-hydrogen) atoms. The Balaban J connectivity index is 1.07. The average Bonchev–Trinajstić information content (AvgIpc) is 3.41. The molecule has 4 rings (SSSR count). The second-order valence-electron chi connectivity index (χ2n) is 12.0. The van der Waals surface area contributed by atoms with Gasteiger partial charge >= 0.3 is 0 Å². The third kappa shape index (κ3) is 10.2. The first-order valence-electron chi connectivity index (χ1n) is 15.3. The van der Waals surface area contributed by atoms with Gasteiger partial charge in [0.15, 0.2) is 0 Å². The molecule has 3 aliphatic rings. The Bertz CT molecular complexity index is 1040. The van der Waals surface area contributed by atoms with E-state index in [1.807, 2.05) is 6.20 Å². The standard InChI is InChI=1S/C28H49Cl2N5O6S/c1-34-18-26(25-15-22(29)16-28(30)27(25)19-34)21-4-3-5-24(14-21)42(36,37)31-6-8-39-10-12-41-13-11-40-9-7-35-17-23(20-38-2)32-33-35/h17,21-22,24-28,31H,3-16,18-20H2,1-2H3. The molecule has 1 saturated heterocycles. The predicted molar refractivity (Wildman–Crippen MR) is 162 cm³/mol. The topological polar surface area (TPSA) is 117 Å². The summed E-state index contributed by atoms with van der Waals surface area (Å²) in [6, 6.07) is 0. The number of fused-ring (bicyclic) bond motifs is 1.